The van der Waals surface area contributed by atoms with Crippen LogP contribution < -0.4 is 5.32 Å². The van der Waals surface area contributed by atoms with Crippen LogP contribution in [0.3, 0.4) is 0 Å². The number of methoxy groups -OCH3 is 1. The van der Waals surface area contributed by atoms with Crippen molar-refractivity contribution < 1.29 is 4.74 Å². The maximum Gasteiger partial charge on any atom is 0.0673 e. The highest BCUT2D eigenvalue weighted by molar-refractivity contribution is 6.21. The summed E-state index contributed by atoms with van der Waals surface area (Å²) in [5.41, 5.74) is 1.49. The Morgan fingerprint density at radius 3 is 2.59 bits per heavy atom. The zero-order valence-corrected chi connectivity index (χ0v) is 19.7. The van der Waals surface area contributed by atoms with Gasteiger partial charge in [-0.05, 0) is 87.3 Å². The molecule has 0 bridgehead atoms. The van der Waals surface area contributed by atoms with Crippen molar-refractivity contribution in [3.8, 4) is 0 Å². The van der Waals surface area contributed by atoms with Gasteiger partial charge in [-0.3, -0.25) is 0 Å². The molecule has 0 spiro atoms. The molecule has 1 saturated heterocycles. The van der Waals surface area contributed by atoms with Crippen molar-refractivity contribution >= 4 is 11.6 Å². The van der Waals surface area contributed by atoms with Crippen LogP contribution in [0.15, 0.2) is 23.8 Å². The van der Waals surface area contributed by atoms with Crippen LogP contribution in [0.4, 0.5) is 0 Å². The first-order valence-electron chi connectivity index (χ1n) is 12.0. The number of piperidine rings is 1. The van der Waals surface area contributed by atoms with Crippen LogP contribution in [0.25, 0.3) is 0 Å². The summed E-state index contributed by atoms with van der Waals surface area (Å²) >= 11 is 6.23. The number of ether oxygens (including phenoxy) is 1. The molecule has 0 radical (unpaired) electrons. The summed E-state index contributed by atoms with van der Waals surface area (Å²) in [6.07, 6.45) is 16.1. The van der Waals surface area contributed by atoms with Gasteiger partial charge >= 0.3 is 0 Å². The second kappa shape index (κ2) is 11.9. The van der Waals surface area contributed by atoms with E-state index in [2.05, 4.69) is 42.3 Å². The third kappa shape index (κ3) is 7.38. The lowest BCUT2D eigenvalue weighted by molar-refractivity contribution is 0.134. The van der Waals surface area contributed by atoms with E-state index < -0.39 is 0 Å². The molecule has 3 aliphatic rings. The van der Waals surface area contributed by atoms with Gasteiger partial charge in [-0.25, -0.2) is 0 Å². The highest BCUT2D eigenvalue weighted by Crippen LogP contribution is 2.33. The molecule has 1 aliphatic heterocycles. The lowest BCUT2D eigenvalue weighted by atomic mass is 9.79. The van der Waals surface area contributed by atoms with Gasteiger partial charge in [-0.1, -0.05) is 32.1 Å². The predicted molar refractivity (Wildman–Crippen MR) is 125 cm³/mol. The molecule has 4 heteroatoms. The maximum atomic E-state index is 6.23. The Kier molecular flexibility index (Phi) is 9.55. The van der Waals surface area contributed by atoms with Crippen molar-refractivity contribution in [3.63, 3.8) is 0 Å². The lowest BCUT2D eigenvalue weighted by Crippen LogP contribution is -2.48. The summed E-state index contributed by atoms with van der Waals surface area (Å²) in [7, 11) is 1.81. The molecule has 0 aromatic rings. The van der Waals surface area contributed by atoms with Gasteiger partial charge in [0.1, 0.15) is 0 Å². The fraction of sp³-hybridized carbons (Fsp3) is 0.840. The zero-order valence-electron chi connectivity index (χ0n) is 18.9. The van der Waals surface area contributed by atoms with Gasteiger partial charge in [0, 0.05) is 26.2 Å². The van der Waals surface area contributed by atoms with Crippen LogP contribution in [-0.2, 0) is 4.74 Å². The lowest BCUT2D eigenvalue weighted by Gasteiger charge is -2.39. The van der Waals surface area contributed by atoms with Crippen molar-refractivity contribution in [2.75, 3.05) is 39.9 Å². The summed E-state index contributed by atoms with van der Waals surface area (Å²) in [5, 5.41) is 4.20. The molecule has 0 saturated carbocycles. The molecule has 1 heterocycles. The molecule has 0 aromatic heterocycles. The Balaban J connectivity index is 1.43. The quantitative estimate of drug-likeness (QED) is 0.405. The minimum absolute atomic E-state index is 0.272. The van der Waals surface area contributed by atoms with Gasteiger partial charge in [0.15, 0.2) is 0 Å². The van der Waals surface area contributed by atoms with Crippen LogP contribution in [0.2, 0.25) is 0 Å². The van der Waals surface area contributed by atoms with E-state index in [-0.39, 0.29) is 5.38 Å². The number of hydrogen-bond donors (Lipinski definition) is 1. The number of likely N-dealkylation sites (tertiary alicyclic amines) is 1. The normalized spacial score (nSPS) is 30.5. The molecule has 3 nitrogen and oxygen atoms in total. The zero-order chi connectivity index (χ0) is 20.6. The Morgan fingerprint density at radius 1 is 1.14 bits per heavy atom. The first-order chi connectivity index (χ1) is 14.0. The highest BCUT2D eigenvalue weighted by atomic mass is 35.5. The highest BCUT2D eigenvalue weighted by Gasteiger charge is 2.28. The third-order valence-electron chi connectivity index (χ3n) is 7.36. The Hall–Kier alpha value is -0.350. The van der Waals surface area contributed by atoms with E-state index in [0.29, 0.717) is 17.9 Å². The number of alkyl halides is 1. The smallest absolute Gasteiger partial charge is 0.0673 e. The van der Waals surface area contributed by atoms with Crippen molar-refractivity contribution in [1.82, 2.24) is 10.2 Å². The molecule has 4 atom stereocenters. The van der Waals surface area contributed by atoms with Gasteiger partial charge in [-0.15, -0.1) is 11.6 Å². The molecule has 2 aliphatic carbocycles. The molecule has 3 unspecified atom stereocenters. The van der Waals surface area contributed by atoms with Gasteiger partial charge in [-0.2, -0.15) is 0 Å². The number of hydrogen-bond acceptors (Lipinski definition) is 3. The van der Waals surface area contributed by atoms with Crippen LogP contribution in [0.5, 0.6) is 0 Å². The first kappa shape index (κ1) is 23.3. The van der Waals surface area contributed by atoms with Crippen LogP contribution >= 0.6 is 11.6 Å². The Bertz CT molecular complexity index is 539. The summed E-state index contributed by atoms with van der Waals surface area (Å²) in [6.45, 7) is 10.4. The van der Waals surface area contributed by atoms with Crippen LogP contribution in [0.1, 0.15) is 58.8 Å². The monoisotopic (exact) mass is 422 g/mol. The standard InChI is InChI=1S/C25H43ClN2O/c1-19(2)25(27-16-20-5-4-6-21(15-20)18-29-3)17-28-13-11-23(12-14-28)22-7-9-24(26)10-8-22/h7,9,15,19-20,22-25,27H,4-6,8,10-14,16-18H2,1-3H3/t20?,22?,24?,25-/m0/s1. The summed E-state index contributed by atoms with van der Waals surface area (Å²) < 4.78 is 5.35. The Labute approximate surface area is 184 Å². The van der Waals surface area contributed by atoms with Gasteiger partial charge in [0.05, 0.1) is 12.0 Å². The fourth-order valence-electron chi connectivity index (χ4n) is 5.41. The van der Waals surface area contributed by atoms with Gasteiger partial charge < -0.3 is 15.0 Å². The Morgan fingerprint density at radius 2 is 1.93 bits per heavy atom. The number of halogens is 1. The molecule has 1 fully saturated rings. The second-order valence-corrected chi connectivity index (χ2v) is 10.5. The van der Waals surface area contributed by atoms with E-state index in [1.165, 1.54) is 63.7 Å². The molecule has 3 rings (SSSR count). The maximum absolute atomic E-state index is 6.23. The van der Waals surface area contributed by atoms with Gasteiger partial charge in [0.25, 0.3) is 0 Å². The van der Waals surface area contributed by atoms with Crippen molar-refractivity contribution in [1.29, 1.82) is 0 Å². The van der Waals surface area contributed by atoms with Crippen molar-refractivity contribution in [3.05, 3.63) is 23.8 Å². The predicted octanol–water partition coefficient (Wildman–Crippen LogP) is 5.26. The van der Waals surface area contributed by atoms with E-state index in [9.17, 15) is 0 Å². The number of allylic oxidation sites excluding steroid dienone is 2. The molecule has 0 aromatic carbocycles. The van der Waals surface area contributed by atoms with Crippen LogP contribution in [-0.4, -0.2) is 56.2 Å². The largest absolute Gasteiger partial charge is 0.380 e. The third-order valence-corrected chi connectivity index (χ3v) is 7.72. The molecular weight excluding hydrogens is 380 g/mol. The minimum atomic E-state index is 0.272. The van der Waals surface area contributed by atoms with E-state index in [0.717, 1.165) is 31.4 Å². The molecule has 0 amide bonds. The van der Waals surface area contributed by atoms with Gasteiger partial charge in [0.2, 0.25) is 0 Å². The summed E-state index contributed by atoms with van der Waals surface area (Å²) in [4.78, 5) is 2.71. The molecular formula is C25H43ClN2O. The summed E-state index contributed by atoms with van der Waals surface area (Å²) in [5.74, 6) is 2.97. The molecule has 1 N–H and O–H groups in total. The van der Waals surface area contributed by atoms with E-state index in [1.807, 2.05) is 0 Å². The topological polar surface area (TPSA) is 24.5 Å². The SMILES string of the molecule is COCC1=CC(CN[C@@H](CN2CCC(C3C=CC(Cl)CC3)CC2)C(C)C)CCC1. The second-order valence-electron chi connectivity index (χ2n) is 9.95. The fourth-order valence-corrected chi connectivity index (χ4v) is 5.62. The van der Waals surface area contributed by atoms with E-state index >= 15 is 0 Å². The van der Waals surface area contributed by atoms with Crippen molar-refractivity contribution in [2.45, 2.75) is 70.2 Å². The average molecular weight is 423 g/mol. The number of nitrogens with one attached hydrogen (secondary N) is 1. The van der Waals surface area contributed by atoms with Crippen molar-refractivity contribution in [2.24, 2.45) is 23.7 Å². The summed E-state index contributed by atoms with van der Waals surface area (Å²) in [6, 6.07) is 0.583. The van der Waals surface area contributed by atoms with Crippen LogP contribution in [0, 0.1) is 23.7 Å². The van der Waals surface area contributed by atoms with E-state index in [1.54, 1.807) is 7.11 Å². The van der Waals surface area contributed by atoms with E-state index in [4.69, 9.17) is 16.3 Å². The average Bonchev–Trinajstić information content (AvgIpc) is 2.72. The minimum Gasteiger partial charge on any atom is -0.380 e. The number of nitrogens with zero attached hydrogens (tertiary/aromatic N) is 1. The molecule has 29 heavy (non-hydrogen) atoms. The molecule has 166 valence electrons. The number of rotatable bonds is 9. The first-order valence-corrected chi connectivity index (χ1v) is 12.5.